The molecule has 0 saturated heterocycles. The molecule has 1 aromatic heterocycles. The van der Waals surface area contributed by atoms with Gasteiger partial charge in [0.25, 0.3) is 0 Å². The second-order valence-electron chi connectivity index (χ2n) is 3.83. The van der Waals surface area contributed by atoms with Crippen molar-refractivity contribution in [2.45, 2.75) is 6.42 Å². The van der Waals surface area contributed by atoms with Crippen LogP contribution in [-0.4, -0.2) is 22.7 Å². The fourth-order valence-corrected chi connectivity index (χ4v) is 1.62. The van der Waals surface area contributed by atoms with Gasteiger partial charge >= 0.3 is 0 Å². The van der Waals surface area contributed by atoms with E-state index in [4.69, 9.17) is 4.74 Å². The molecule has 88 valence electrons. The van der Waals surface area contributed by atoms with E-state index in [1.165, 1.54) is 0 Å². The van der Waals surface area contributed by atoms with Gasteiger partial charge in [0.2, 0.25) is 0 Å². The number of Topliss-reactive ketones (excluding diaryl/α,β-unsaturated/α-hetero) is 1. The van der Waals surface area contributed by atoms with E-state index in [1.807, 2.05) is 24.3 Å². The molecule has 0 aliphatic carbocycles. The molecule has 0 aliphatic rings. The number of hydrogen-bond donors (Lipinski definition) is 0. The molecule has 0 saturated carbocycles. The lowest BCUT2D eigenvalue weighted by Gasteiger charge is -2.02. The average molecular weight is 230 g/mol. The number of nitrogens with zero attached hydrogens (tertiary/aromatic N) is 2. The Morgan fingerprint density at radius 3 is 2.88 bits per heavy atom. The lowest BCUT2D eigenvalue weighted by Crippen LogP contribution is -2.05. The van der Waals surface area contributed by atoms with Gasteiger partial charge in [0, 0.05) is 19.7 Å². The fraction of sp³-hybridized carbons (Fsp3) is 0.231. The van der Waals surface area contributed by atoms with Gasteiger partial charge in [0.15, 0.2) is 5.78 Å². The van der Waals surface area contributed by atoms with Crippen molar-refractivity contribution in [2.75, 3.05) is 7.11 Å². The fourth-order valence-electron chi connectivity index (χ4n) is 1.62. The molecule has 2 aromatic rings. The third kappa shape index (κ3) is 2.72. The summed E-state index contributed by atoms with van der Waals surface area (Å²) in [5.74, 6) is 0.773. The van der Waals surface area contributed by atoms with Gasteiger partial charge < -0.3 is 4.74 Å². The van der Waals surface area contributed by atoms with E-state index in [2.05, 4.69) is 5.10 Å². The zero-order chi connectivity index (χ0) is 12.3. The van der Waals surface area contributed by atoms with Crippen LogP contribution >= 0.6 is 0 Å². The van der Waals surface area contributed by atoms with Crippen LogP contribution in [0.1, 0.15) is 16.1 Å². The Balaban J connectivity index is 2.12. The normalized spacial score (nSPS) is 10.2. The topological polar surface area (TPSA) is 44.1 Å². The number of aryl methyl sites for hydroxylation is 1. The number of ketones is 1. The van der Waals surface area contributed by atoms with Crippen LogP contribution < -0.4 is 4.74 Å². The number of hydrogen-bond acceptors (Lipinski definition) is 3. The Labute approximate surface area is 99.8 Å². The number of rotatable bonds is 4. The monoisotopic (exact) mass is 230 g/mol. The van der Waals surface area contributed by atoms with E-state index in [0.717, 1.165) is 11.3 Å². The van der Waals surface area contributed by atoms with Crippen molar-refractivity contribution in [3.63, 3.8) is 0 Å². The molecule has 0 spiro atoms. The number of carbonyl (C=O) groups is 1. The average Bonchev–Trinajstić information content (AvgIpc) is 2.76. The van der Waals surface area contributed by atoms with Crippen molar-refractivity contribution < 1.29 is 9.53 Å². The van der Waals surface area contributed by atoms with Crippen molar-refractivity contribution in [3.05, 3.63) is 47.8 Å². The third-order valence-electron chi connectivity index (χ3n) is 2.50. The van der Waals surface area contributed by atoms with Crippen LogP contribution in [0, 0.1) is 0 Å². The Bertz CT molecular complexity index is 532. The van der Waals surface area contributed by atoms with Crippen LogP contribution in [0.2, 0.25) is 0 Å². The molecule has 0 amide bonds. The highest BCUT2D eigenvalue weighted by molar-refractivity contribution is 5.95. The largest absolute Gasteiger partial charge is 0.497 e. The molecule has 0 unspecified atom stereocenters. The van der Waals surface area contributed by atoms with E-state index in [-0.39, 0.29) is 5.78 Å². The van der Waals surface area contributed by atoms with Crippen LogP contribution in [0.25, 0.3) is 0 Å². The molecular weight excluding hydrogens is 216 g/mol. The van der Waals surface area contributed by atoms with Crippen molar-refractivity contribution in [1.82, 2.24) is 9.78 Å². The number of carbonyl (C=O) groups excluding carboxylic acids is 1. The van der Waals surface area contributed by atoms with Crippen molar-refractivity contribution in [3.8, 4) is 5.75 Å². The summed E-state index contributed by atoms with van der Waals surface area (Å²) < 4.78 is 6.74. The summed E-state index contributed by atoms with van der Waals surface area (Å²) >= 11 is 0. The lowest BCUT2D eigenvalue weighted by atomic mass is 10.1. The minimum absolute atomic E-state index is 0.0128. The Morgan fingerprint density at radius 2 is 2.24 bits per heavy atom. The number of aromatic nitrogens is 2. The molecule has 1 aromatic carbocycles. The number of methoxy groups -OCH3 is 1. The summed E-state index contributed by atoms with van der Waals surface area (Å²) in [5, 5.41) is 4.09. The van der Waals surface area contributed by atoms with Crippen molar-refractivity contribution in [1.29, 1.82) is 0 Å². The SMILES string of the molecule is COc1cccc(CC(=O)c2ccn(C)n2)c1. The first-order valence-corrected chi connectivity index (χ1v) is 5.35. The quantitative estimate of drug-likeness (QED) is 0.753. The van der Waals surface area contributed by atoms with E-state index in [9.17, 15) is 4.79 Å². The second-order valence-corrected chi connectivity index (χ2v) is 3.83. The minimum atomic E-state index is 0.0128. The van der Waals surface area contributed by atoms with Gasteiger partial charge in [-0.2, -0.15) is 5.10 Å². The maximum atomic E-state index is 11.9. The second kappa shape index (κ2) is 4.82. The van der Waals surface area contributed by atoms with Gasteiger partial charge in [-0.15, -0.1) is 0 Å². The molecule has 17 heavy (non-hydrogen) atoms. The smallest absolute Gasteiger partial charge is 0.187 e. The van der Waals surface area contributed by atoms with Crippen LogP contribution in [0.3, 0.4) is 0 Å². The highest BCUT2D eigenvalue weighted by Crippen LogP contribution is 2.14. The van der Waals surface area contributed by atoms with Crippen LogP contribution in [0.4, 0.5) is 0 Å². The first-order valence-electron chi connectivity index (χ1n) is 5.35. The molecule has 2 rings (SSSR count). The Morgan fingerprint density at radius 1 is 1.41 bits per heavy atom. The molecule has 4 heteroatoms. The van der Waals surface area contributed by atoms with Gasteiger partial charge in [-0.05, 0) is 23.8 Å². The highest BCUT2D eigenvalue weighted by Gasteiger charge is 2.10. The van der Waals surface area contributed by atoms with Gasteiger partial charge in [0.05, 0.1) is 7.11 Å². The Hall–Kier alpha value is -2.10. The first kappa shape index (κ1) is 11.4. The molecule has 0 radical (unpaired) electrons. The summed E-state index contributed by atoms with van der Waals surface area (Å²) in [5.41, 5.74) is 1.43. The maximum absolute atomic E-state index is 11.9. The molecule has 0 bridgehead atoms. The molecule has 0 atom stereocenters. The van der Waals surface area contributed by atoms with E-state index < -0.39 is 0 Å². The predicted molar refractivity (Wildman–Crippen MR) is 64.2 cm³/mol. The van der Waals surface area contributed by atoms with Gasteiger partial charge in [-0.25, -0.2) is 0 Å². The standard InChI is InChI=1S/C13H14N2O2/c1-15-7-6-12(14-15)13(16)9-10-4-3-5-11(8-10)17-2/h3-8H,9H2,1-2H3. The van der Waals surface area contributed by atoms with Crippen LogP contribution in [0.5, 0.6) is 5.75 Å². The van der Waals surface area contributed by atoms with Gasteiger partial charge in [-0.1, -0.05) is 12.1 Å². The van der Waals surface area contributed by atoms with Gasteiger partial charge in [0.1, 0.15) is 11.4 Å². The molecule has 4 nitrogen and oxygen atoms in total. The van der Waals surface area contributed by atoms with Crippen LogP contribution in [-0.2, 0) is 13.5 Å². The number of benzene rings is 1. The summed E-state index contributed by atoms with van der Waals surface area (Å²) in [6, 6.07) is 9.22. The maximum Gasteiger partial charge on any atom is 0.187 e. The van der Waals surface area contributed by atoms with Crippen molar-refractivity contribution in [2.24, 2.45) is 7.05 Å². The summed E-state index contributed by atoms with van der Waals surface area (Å²) in [6.45, 7) is 0. The molecule has 1 heterocycles. The highest BCUT2D eigenvalue weighted by atomic mass is 16.5. The van der Waals surface area contributed by atoms with Gasteiger partial charge in [-0.3, -0.25) is 9.48 Å². The molecule has 0 fully saturated rings. The molecule has 0 N–H and O–H groups in total. The van der Waals surface area contributed by atoms with E-state index in [1.54, 1.807) is 31.1 Å². The first-order chi connectivity index (χ1) is 8.19. The molecule has 0 aliphatic heterocycles. The summed E-state index contributed by atoms with van der Waals surface area (Å²) in [4.78, 5) is 11.9. The minimum Gasteiger partial charge on any atom is -0.497 e. The van der Waals surface area contributed by atoms with E-state index in [0.29, 0.717) is 12.1 Å². The van der Waals surface area contributed by atoms with Crippen molar-refractivity contribution >= 4 is 5.78 Å². The Kier molecular flexibility index (Phi) is 3.23. The zero-order valence-corrected chi connectivity index (χ0v) is 9.88. The zero-order valence-electron chi connectivity index (χ0n) is 9.88. The lowest BCUT2D eigenvalue weighted by molar-refractivity contribution is 0.0987. The summed E-state index contributed by atoms with van der Waals surface area (Å²) in [6.07, 6.45) is 2.10. The predicted octanol–water partition coefficient (Wildman–Crippen LogP) is 1.85. The van der Waals surface area contributed by atoms with Crippen LogP contribution in [0.15, 0.2) is 36.5 Å². The third-order valence-corrected chi connectivity index (χ3v) is 2.50. The van der Waals surface area contributed by atoms with E-state index >= 15 is 0 Å². The molecular formula is C13H14N2O2. The summed E-state index contributed by atoms with van der Waals surface area (Å²) in [7, 11) is 3.40. The number of ether oxygens (including phenoxy) is 1.